The molecule has 0 atom stereocenters. The van der Waals surface area contributed by atoms with Gasteiger partial charge < -0.3 is 0 Å². The molecule has 0 nitrogen and oxygen atoms in total. The van der Waals surface area contributed by atoms with Crippen molar-refractivity contribution in [2.75, 3.05) is 0 Å². The van der Waals surface area contributed by atoms with Crippen LogP contribution in [0.1, 0.15) is 201 Å². The second-order valence-electron chi connectivity index (χ2n) is 14.9. The highest BCUT2D eigenvalue weighted by atomic mass is 14.1. The maximum atomic E-state index is 2.33. The number of fused-ring (bicyclic) bond motifs is 4. The Morgan fingerprint density at radius 2 is 0.536 bits per heavy atom. The minimum atomic E-state index is 0.643. The van der Waals surface area contributed by atoms with Gasteiger partial charge in [-0.05, 0) is 116 Å². The minimum absolute atomic E-state index is 0.643. The van der Waals surface area contributed by atoms with Crippen molar-refractivity contribution < 1.29 is 0 Å². The quantitative estimate of drug-likeness (QED) is 0.195. The van der Waals surface area contributed by atoms with Gasteiger partial charge in [0.05, 0.1) is 0 Å². The largest absolute Gasteiger partial charge is 0.0795 e. The summed E-state index contributed by atoms with van der Waals surface area (Å²) in [5.74, 6) is 2.58. The zero-order valence-corrected chi connectivity index (χ0v) is 38.7. The number of benzene rings is 4. The summed E-state index contributed by atoms with van der Waals surface area (Å²) < 4.78 is 0. The van der Waals surface area contributed by atoms with Crippen LogP contribution in [-0.2, 0) is 25.7 Å². The highest BCUT2D eigenvalue weighted by molar-refractivity contribution is 5.63. The Morgan fingerprint density at radius 1 is 0.286 bits per heavy atom. The fraction of sp³-hybridized carbons (Fsp3) is 0.429. The summed E-state index contributed by atoms with van der Waals surface area (Å²) in [6, 6.07) is 27.2. The highest BCUT2D eigenvalue weighted by Gasteiger charge is 2.09. The third-order valence-corrected chi connectivity index (χ3v) is 9.88. The molecule has 4 aliphatic rings. The number of hydrogen-bond donors (Lipinski definition) is 0. The van der Waals surface area contributed by atoms with Gasteiger partial charge in [0.15, 0.2) is 0 Å². The Hall–Kier alpha value is -4.16. The van der Waals surface area contributed by atoms with Gasteiger partial charge in [-0.25, -0.2) is 0 Å². The van der Waals surface area contributed by atoms with Crippen molar-refractivity contribution in [3.8, 4) is 0 Å². The fourth-order valence-electron chi connectivity index (χ4n) is 6.53. The average Bonchev–Trinajstić information content (AvgIpc) is 4.08. The number of rotatable bonds is 4. The molecular weight excluding hydrogens is 673 g/mol. The molecule has 0 unspecified atom stereocenters. The fourth-order valence-corrected chi connectivity index (χ4v) is 6.53. The molecule has 0 spiro atoms. The molecule has 0 fully saturated rings. The zero-order chi connectivity index (χ0) is 42.2. The number of hydrogen-bond acceptors (Lipinski definition) is 0. The Bertz CT molecular complexity index is 1680. The highest BCUT2D eigenvalue weighted by Crippen LogP contribution is 2.27. The van der Waals surface area contributed by atoms with Crippen molar-refractivity contribution in [3.63, 3.8) is 0 Å². The normalized spacial score (nSPS) is 12.4. The molecule has 0 bridgehead atoms. The second kappa shape index (κ2) is 27.4. The van der Waals surface area contributed by atoms with Crippen LogP contribution in [0.4, 0.5) is 0 Å². The molecule has 4 aromatic carbocycles. The Kier molecular flexibility index (Phi) is 24.4. The van der Waals surface area contributed by atoms with Crippen LogP contribution in [-0.4, -0.2) is 0 Å². The monoisotopic (exact) mass is 753 g/mol. The van der Waals surface area contributed by atoms with Crippen LogP contribution >= 0.6 is 0 Å². The van der Waals surface area contributed by atoms with Gasteiger partial charge in [0.2, 0.25) is 0 Å². The van der Waals surface area contributed by atoms with E-state index in [2.05, 4.69) is 177 Å². The van der Waals surface area contributed by atoms with E-state index in [0.717, 1.165) is 25.7 Å². The van der Waals surface area contributed by atoms with E-state index in [-0.39, 0.29) is 0 Å². The molecule has 0 radical (unpaired) electrons. The molecule has 0 amide bonds. The molecule has 304 valence electrons. The SMILES string of the molecule is CC.CC.CC.CC.CC(C)c1ccc2c(c1)C=CC2.CC(C)c1ccc2c(c1)C=CC2.CC(C)c1ccc2c(c1)CC=C2.CC(C)c1ccc2c(c1)CC=C2. The molecular formula is C56H80. The third kappa shape index (κ3) is 15.4. The lowest BCUT2D eigenvalue weighted by atomic mass is 9.98. The summed E-state index contributed by atoms with van der Waals surface area (Å²) in [4.78, 5) is 0. The molecule has 0 N–H and O–H groups in total. The second-order valence-corrected chi connectivity index (χ2v) is 14.9. The van der Waals surface area contributed by atoms with E-state index < -0.39 is 0 Å². The van der Waals surface area contributed by atoms with E-state index in [1.165, 1.54) is 66.8 Å². The predicted octanol–water partition coefficient (Wildman–Crippen LogP) is 17.6. The van der Waals surface area contributed by atoms with E-state index >= 15 is 0 Å². The summed E-state index contributed by atoms with van der Waals surface area (Å²) in [6.45, 7) is 33.9. The van der Waals surface area contributed by atoms with Crippen molar-refractivity contribution >= 4 is 24.3 Å². The van der Waals surface area contributed by atoms with Gasteiger partial charge in [-0.15, -0.1) is 0 Å². The molecule has 0 heteroatoms. The smallest absolute Gasteiger partial charge is 0.00881 e. The van der Waals surface area contributed by atoms with Gasteiger partial charge >= 0.3 is 0 Å². The van der Waals surface area contributed by atoms with Crippen molar-refractivity contribution in [3.05, 3.63) is 164 Å². The van der Waals surface area contributed by atoms with Crippen LogP contribution in [0.15, 0.2) is 97.1 Å². The van der Waals surface area contributed by atoms with E-state index in [1.807, 2.05) is 55.4 Å². The molecule has 4 aromatic rings. The Labute approximate surface area is 347 Å². The van der Waals surface area contributed by atoms with E-state index in [1.54, 1.807) is 0 Å². The van der Waals surface area contributed by atoms with Crippen LogP contribution in [0, 0.1) is 0 Å². The van der Waals surface area contributed by atoms with Gasteiger partial charge in [-0.2, -0.15) is 0 Å². The van der Waals surface area contributed by atoms with Crippen LogP contribution in [0.5, 0.6) is 0 Å². The maximum Gasteiger partial charge on any atom is -0.00881 e. The van der Waals surface area contributed by atoms with Crippen LogP contribution in [0.3, 0.4) is 0 Å². The van der Waals surface area contributed by atoms with Gasteiger partial charge in [0, 0.05) is 0 Å². The van der Waals surface area contributed by atoms with Gasteiger partial charge in [-0.3, -0.25) is 0 Å². The topological polar surface area (TPSA) is 0 Å². The first-order valence-electron chi connectivity index (χ1n) is 22.3. The van der Waals surface area contributed by atoms with E-state index in [4.69, 9.17) is 0 Å². The van der Waals surface area contributed by atoms with Crippen LogP contribution in [0.25, 0.3) is 24.3 Å². The summed E-state index contributed by atoms with van der Waals surface area (Å²) >= 11 is 0. The first kappa shape index (κ1) is 49.9. The van der Waals surface area contributed by atoms with Crippen molar-refractivity contribution in [1.29, 1.82) is 0 Å². The lowest BCUT2D eigenvalue weighted by Gasteiger charge is -2.07. The third-order valence-electron chi connectivity index (χ3n) is 9.88. The van der Waals surface area contributed by atoms with E-state index in [9.17, 15) is 0 Å². The number of allylic oxidation sites excluding steroid dienone is 4. The van der Waals surface area contributed by atoms with Gasteiger partial charge in [0.1, 0.15) is 0 Å². The standard InChI is InChI=1S/4C12H14.4C2H6/c4*1-9(2)11-7-6-10-4-3-5-12(10)8-11;4*1-2/h2*3,5-9H,4H2,1-2H3;2*3-4,6-9H,5H2,1-2H3;4*1-2H3. The molecule has 8 rings (SSSR count). The molecule has 56 heavy (non-hydrogen) atoms. The van der Waals surface area contributed by atoms with Crippen LogP contribution in [0.2, 0.25) is 0 Å². The minimum Gasteiger partial charge on any atom is -0.0795 e. The lowest BCUT2D eigenvalue weighted by Crippen LogP contribution is -1.90. The molecule has 4 aliphatic carbocycles. The van der Waals surface area contributed by atoms with Crippen LogP contribution < -0.4 is 0 Å². The van der Waals surface area contributed by atoms with Crippen molar-refractivity contribution in [2.45, 2.75) is 160 Å². The zero-order valence-electron chi connectivity index (χ0n) is 38.7. The first-order valence-corrected chi connectivity index (χ1v) is 22.3. The first-order chi connectivity index (χ1) is 27.1. The summed E-state index contributed by atoms with van der Waals surface area (Å²) in [5.41, 5.74) is 17.4. The lowest BCUT2D eigenvalue weighted by molar-refractivity contribution is 0.864. The molecule has 0 saturated carbocycles. The summed E-state index contributed by atoms with van der Waals surface area (Å²) in [7, 11) is 0. The van der Waals surface area contributed by atoms with Gasteiger partial charge in [-0.1, -0.05) is 232 Å². The predicted molar refractivity (Wildman–Crippen MR) is 258 cm³/mol. The Balaban J connectivity index is 0.000000352. The maximum absolute atomic E-state index is 2.33. The van der Waals surface area contributed by atoms with Crippen molar-refractivity contribution in [2.24, 2.45) is 0 Å². The molecule has 0 aliphatic heterocycles. The Morgan fingerprint density at radius 3 is 0.839 bits per heavy atom. The molecule has 0 aromatic heterocycles. The molecule has 0 heterocycles. The van der Waals surface area contributed by atoms with Crippen molar-refractivity contribution in [1.82, 2.24) is 0 Å². The summed E-state index contributed by atoms with van der Waals surface area (Å²) in [5, 5.41) is 0. The van der Waals surface area contributed by atoms with Gasteiger partial charge in [0.25, 0.3) is 0 Å². The van der Waals surface area contributed by atoms with E-state index in [0.29, 0.717) is 23.7 Å². The summed E-state index contributed by atoms with van der Waals surface area (Å²) in [6.07, 6.45) is 22.3. The average molecular weight is 753 g/mol. The molecule has 0 saturated heterocycles.